The van der Waals surface area contributed by atoms with E-state index in [0.717, 1.165) is 23.5 Å². The van der Waals surface area contributed by atoms with Crippen molar-refractivity contribution in [2.45, 2.75) is 12.3 Å². The standard InChI is InChI=1S/C29H25F3N4O4/c1-39-27(37)24-8-5-9-25(26(24)35-14-2-3-15-35)36-17-23(18-36)40-22-12-10-20(11-13-22)33-28(38)34-21-7-4-6-19(16-21)29(30,31)32/h2-16,23H,17-18H2,1H3,(H2,33,34,38). The summed E-state index contributed by atoms with van der Waals surface area (Å²) in [6.07, 6.45) is -0.857. The van der Waals surface area contributed by atoms with Gasteiger partial charge in [0.25, 0.3) is 0 Å². The molecule has 11 heteroatoms. The highest BCUT2D eigenvalue weighted by Crippen LogP contribution is 2.33. The lowest BCUT2D eigenvalue weighted by Crippen LogP contribution is -2.54. The summed E-state index contributed by atoms with van der Waals surface area (Å²) in [6, 6.07) is 19.7. The molecule has 0 aliphatic carbocycles. The predicted octanol–water partition coefficient (Wildman–Crippen LogP) is 6.19. The number of esters is 1. The van der Waals surface area contributed by atoms with E-state index in [1.54, 1.807) is 30.3 Å². The van der Waals surface area contributed by atoms with E-state index in [9.17, 15) is 22.8 Å². The number of rotatable bonds is 7. The van der Waals surface area contributed by atoms with Gasteiger partial charge in [0.15, 0.2) is 0 Å². The first-order valence-corrected chi connectivity index (χ1v) is 12.3. The Labute approximate surface area is 227 Å². The van der Waals surface area contributed by atoms with Crippen LogP contribution in [0.5, 0.6) is 5.75 Å². The van der Waals surface area contributed by atoms with E-state index in [2.05, 4.69) is 15.5 Å². The van der Waals surface area contributed by atoms with Crippen molar-refractivity contribution >= 4 is 29.1 Å². The number of alkyl halides is 3. The summed E-state index contributed by atoms with van der Waals surface area (Å²) in [5, 5.41) is 4.99. The minimum atomic E-state index is -4.50. The fourth-order valence-corrected chi connectivity index (χ4v) is 4.40. The van der Waals surface area contributed by atoms with Gasteiger partial charge in [-0.1, -0.05) is 12.1 Å². The van der Waals surface area contributed by atoms with E-state index in [1.807, 2.05) is 41.2 Å². The first-order chi connectivity index (χ1) is 19.2. The van der Waals surface area contributed by atoms with Gasteiger partial charge >= 0.3 is 18.2 Å². The number of benzene rings is 3. The molecule has 1 aliphatic heterocycles. The van der Waals surface area contributed by atoms with Crippen LogP contribution in [0.2, 0.25) is 0 Å². The van der Waals surface area contributed by atoms with Crippen LogP contribution < -0.4 is 20.3 Å². The molecule has 2 N–H and O–H groups in total. The van der Waals surface area contributed by atoms with E-state index in [1.165, 1.54) is 19.2 Å². The van der Waals surface area contributed by atoms with Crippen LogP contribution in [0.3, 0.4) is 0 Å². The van der Waals surface area contributed by atoms with Gasteiger partial charge in [-0.3, -0.25) is 0 Å². The molecular weight excluding hydrogens is 525 g/mol. The molecule has 0 atom stereocenters. The van der Waals surface area contributed by atoms with Crippen molar-refractivity contribution < 1.29 is 32.2 Å². The average Bonchev–Trinajstić information content (AvgIpc) is 3.45. The Morgan fingerprint density at radius 2 is 1.55 bits per heavy atom. The molecule has 0 bridgehead atoms. The number of urea groups is 1. The molecule has 1 aliphatic rings. The fourth-order valence-electron chi connectivity index (χ4n) is 4.40. The van der Waals surface area contributed by atoms with Gasteiger partial charge in [0, 0.05) is 23.8 Å². The van der Waals surface area contributed by atoms with E-state index < -0.39 is 23.7 Å². The third-order valence-electron chi connectivity index (χ3n) is 6.33. The third kappa shape index (κ3) is 5.88. The van der Waals surface area contributed by atoms with Gasteiger partial charge in [-0.2, -0.15) is 13.2 Å². The van der Waals surface area contributed by atoms with Gasteiger partial charge in [-0.15, -0.1) is 0 Å². The molecular formula is C29H25F3N4O4. The molecule has 3 aromatic carbocycles. The molecule has 1 saturated heterocycles. The van der Waals surface area contributed by atoms with Crippen LogP contribution in [-0.4, -0.2) is 42.9 Å². The number of carbonyl (C=O) groups is 2. The number of hydrogen-bond donors (Lipinski definition) is 2. The fraction of sp³-hybridized carbons (Fsp3) is 0.172. The van der Waals surface area contributed by atoms with Crippen LogP contribution in [0.1, 0.15) is 15.9 Å². The number of aromatic nitrogens is 1. The van der Waals surface area contributed by atoms with Gasteiger partial charge < -0.3 is 29.6 Å². The summed E-state index contributed by atoms with van der Waals surface area (Å²) in [4.78, 5) is 26.8. The van der Waals surface area contributed by atoms with E-state index in [-0.39, 0.29) is 11.8 Å². The summed E-state index contributed by atoms with van der Waals surface area (Å²) in [5.41, 5.74) is 1.70. The Hall–Kier alpha value is -4.93. The Balaban J connectivity index is 1.18. The second-order valence-corrected chi connectivity index (χ2v) is 9.08. The molecule has 5 rings (SSSR count). The molecule has 1 aromatic heterocycles. The lowest BCUT2D eigenvalue weighted by molar-refractivity contribution is -0.137. The number of carbonyl (C=O) groups excluding carboxylic acids is 2. The lowest BCUT2D eigenvalue weighted by atomic mass is 10.1. The Morgan fingerprint density at radius 3 is 2.23 bits per heavy atom. The van der Waals surface area contributed by atoms with Crippen LogP contribution in [0.4, 0.5) is 35.0 Å². The zero-order valence-electron chi connectivity index (χ0n) is 21.3. The minimum absolute atomic E-state index is 0.0267. The molecule has 2 amide bonds. The Kier molecular flexibility index (Phi) is 7.37. The lowest BCUT2D eigenvalue weighted by Gasteiger charge is -2.41. The molecule has 1 fully saturated rings. The normalized spacial score (nSPS) is 13.3. The van der Waals surface area contributed by atoms with Crippen LogP contribution in [0.25, 0.3) is 5.69 Å². The summed E-state index contributed by atoms with van der Waals surface area (Å²) in [7, 11) is 1.35. The first kappa shape index (κ1) is 26.7. The van der Waals surface area contributed by atoms with Crippen molar-refractivity contribution in [2.75, 3.05) is 35.7 Å². The second-order valence-electron chi connectivity index (χ2n) is 9.08. The summed E-state index contributed by atoms with van der Waals surface area (Å²) in [5.74, 6) is 0.179. The zero-order valence-corrected chi connectivity index (χ0v) is 21.3. The largest absolute Gasteiger partial charge is 0.487 e. The molecule has 4 aromatic rings. The minimum Gasteiger partial charge on any atom is -0.487 e. The number of para-hydroxylation sites is 1. The van der Waals surface area contributed by atoms with Crippen molar-refractivity contribution in [3.8, 4) is 11.4 Å². The average molecular weight is 551 g/mol. The monoisotopic (exact) mass is 550 g/mol. The molecule has 0 unspecified atom stereocenters. The Morgan fingerprint density at radius 1 is 0.875 bits per heavy atom. The number of amides is 2. The SMILES string of the molecule is COC(=O)c1cccc(N2CC(Oc3ccc(NC(=O)Nc4cccc(C(F)(F)F)c4)cc3)C2)c1-n1cccc1. The predicted molar refractivity (Wildman–Crippen MR) is 144 cm³/mol. The number of nitrogens with one attached hydrogen (secondary N) is 2. The number of anilines is 3. The van der Waals surface area contributed by atoms with Gasteiger partial charge in [-0.25, -0.2) is 9.59 Å². The highest BCUT2D eigenvalue weighted by Gasteiger charge is 2.32. The maximum absolute atomic E-state index is 12.9. The number of methoxy groups -OCH3 is 1. The van der Waals surface area contributed by atoms with Gasteiger partial charge in [0.05, 0.1) is 42.7 Å². The summed E-state index contributed by atoms with van der Waals surface area (Å²) >= 11 is 0. The van der Waals surface area contributed by atoms with Crippen LogP contribution in [-0.2, 0) is 10.9 Å². The molecule has 40 heavy (non-hydrogen) atoms. The number of hydrogen-bond acceptors (Lipinski definition) is 5. The number of ether oxygens (including phenoxy) is 2. The van der Waals surface area contributed by atoms with E-state index in [0.29, 0.717) is 30.1 Å². The van der Waals surface area contributed by atoms with Crippen molar-refractivity contribution in [1.29, 1.82) is 0 Å². The molecule has 0 radical (unpaired) electrons. The van der Waals surface area contributed by atoms with E-state index in [4.69, 9.17) is 9.47 Å². The van der Waals surface area contributed by atoms with Crippen molar-refractivity contribution in [1.82, 2.24) is 4.57 Å². The van der Waals surface area contributed by atoms with Gasteiger partial charge in [-0.05, 0) is 66.7 Å². The topological polar surface area (TPSA) is 84.8 Å². The first-order valence-electron chi connectivity index (χ1n) is 12.3. The smallest absolute Gasteiger partial charge is 0.416 e. The number of nitrogens with zero attached hydrogens (tertiary/aromatic N) is 2. The highest BCUT2D eigenvalue weighted by atomic mass is 19.4. The van der Waals surface area contributed by atoms with Gasteiger partial charge in [0.2, 0.25) is 0 Å². The quantitative estimate of drug-likeness (QED) is 0.268. The van der Waals surface area contributed by atoms with Crippen LogP contribution >= 0.6 is 0 Å². The summed E-state index contributed by atoms with van der Waals surface area (Å²) < 4.78 is 51.6. The van der Waals surface area contributed by atoms with Crippen LogP contribution in [0, 0.1) is 0 Å². The Bertz CT molecular complexity index is 1500. The maximum Gasteiger partial charge on any atom is 0.416 e. The highest BCUT2D eigenvalue weighted by molar-refractivity contribution is 6.00. The maximum atomic E-state index is 12.9. The van der Waals surface area contributed by atoms with Gasteiger partial charge in [0.1, 0.15) is 11.9 Å². The van der Waals surface area contributed by atoms with Crippen LogP contribution in [0.15, 0.2) is 91.3 Å². The molecule has 8 nitrogen and oxygen atoms in total. The second kappa shape index (κ2) is 11.0. The molecule has 0 saturated carbocycles. The van der Waals surface area contributed by atoms with Crippen molar-refractivity contribution in [2.24, 2.45) is 0 Å². The van der Waals surface area contributed by atoms with E-state index >= 15 is 0 Å². The molecule has 2 heterocycles. The van der Waals surface area contributed by atoms with Crippen molar-refractivity contribution in [3.05, 3.63) is 102 Å². The molecule has 0 spiro atoms. The van der Waals surface area contributed by atoms with Crippen molar-refractivity contribution in [3.63, 3.8) is 0 Å². The summed E-state index contributed by atoms with van der Waals surface area (Å²) in [6.45, 7) is 1.19. The molecule has 206 valence electrons. The third-order valence-corrected chi connectivity index (χ3v) is 6.33. The zero-order chi connectivity index (χ0) is 28.3. The number of halogens is 3.